The summed E-state index contributed by atoms with van der Waals surface area (Å²) in [7, 11) is -2.75. The number of hydrogen-bond acceptors (Lipinski definition) is 8. The van der Waals surface area contributed by atoms with Gasteiger partial charge in [-0.15, -0.1) is 0 Å². The Morgan fingerprint density at radius 1 is 1.20 bits per heavy atom. The Kier molecular flexibility index (Phi) is 6.09. The van der Waals surface area contributed by atoms with Crippen LogP contribution in [0.2, 0.25) is 0 Å². The van der Waals surface area contributed by atoms with Crippen LogP contribution in [0.1, 0.15) is 16.9 Å². The van der Waals surface area contributed by atoms with Crippen LogP contribution in [0, 0.1) is 0 Å². The van der Waals surface area contributed by atoms with E-state index in [9.17, 15) is 13.8 Å². The number of hydrogen-bond donors (Lipinski definition) is 0. The van der Waals surface area contributed by atoms with Gasteiger partial charge >= 0.3 is 5.91 Å². The first kappa shape index (κ1) is 20.5. The van der Waals surface area contributed by atoms with Crippen LogP contribution in [0.15, 0.2) is 56.9 Å². The standard InChI is InChI=1S/C19H19N5O4S2/c25-17(13-29-19-22-14-4-1-2-5-16(14)28-19)24-8-3-10-30(27,11-9-24)23-18(26)15-12-20-6-7-21-15/h1-2,4-7,12H,3,8-11,13H2. The summed E-state index contributed by atoms with van der Waals surface area (Å²) >= 11 is 1.23. The molecule has 30 heavy (non-hydrogen) atoms. The van der Waals surface area contributed by atoms with E-state index < -0.39 is 15.6 Å². The molecule has 1 aliphatic heterocycles. The molecule has 2 amide bonds. The van der Waals surface area contributed by atoms with Crippen LogP contribution in [-0.4, -0.2) is 66.2 Å². The number of benzene rings is 1. The molecule has 1 aliphatic rings. The molecule has 2 aromatic heterocycles. The Hall–Kier alpha value is -2.79. The second-order valence-corrected chi connectivity index (χ2v) is 10.1. The number of fused-ring (bicyclic) bond motifs is 1. The SMILES string of the molecule is O=C(N=S1(=O)CCCN(C(=O)CSc2nc3ccccc3o2)CC1)c1cnccn1. The first-order valence-electron chi connectivity index (χ1n) is 9.31. The molecule has 0 bridgehead atoms. The Labute approximate surface area is 177 Å². The molecule has 0 radical (unpaired) electrons. The van der Waals surface area contributed by atoms with Crippen LogP contribution < -0.4 is 0 Å². The third-order valence-electron chi connectivity index (χ3n) is 4.55. The van der Waals surface area contributed by atoms with E-state index in [1.807, 2.05) is 24.3 Å². The molecule has 0 N–H and O–H groups in total. The van der Waals surface area contributed by atoms with Gasteiger partial charge in [0.15, 0.2) is 5.58 Å². The zero-order chi connectivity index (χ0) is 21.0. The van der Waals surface area contributed by atoms with Gasteiger partial charge in [-0.25, -0.2) is 14.2 Å². The highest BCUT2D eigenvalue weighted by Gasteiger charge is 2.23. The number of carbonyl (C=O) groups is 2. The first-order valence-corrected chi connectivity index (χ1v) is 12.2. The Morgan fingerprint density at radius 3 is 2.87 bits per heavy atom. The van der Waals surface area contributed by atoms with E-state index in [-0.39, 0.29) is 35.4 Å². The summed E-state index contributed by atoms with van der Waals surface area (Å²) in [4.78, 5) is 38.6. The molecule has 3 aromatic rings. The summed E-state index contributed by atoms with van der Waals surface area (Å²) < 4.78 is 22.6. The molecule has 9 nitrogen and oxygen atoms in total. The van der Waals surface area contributed by atoms with Crippen molar-refractivity contribution in [3.8, 4) is 0 Å². The molecule has 1 atom stereocenters. The molecular weight excluding hydrogens is 426 g/mol. The lowest BCUT2D eigenvalue weighted by molar-refractivity contribution is -0.128. The summed E-state index contributed by atoms with van der Waals surface area (Å²) in [5, 5.41) is 0.438. The van der Waals surface area contributed by atoms with E-state index in [0.717, 1.165) is 5.52 Å². The van der Waals surface area contributed by atoms with Gasteiger partial charge in [-0.3, -0.25) is 14.6 Å². The maximum atomic E-state index is 13.1. The normalized spacial score (nSPS) is 19.4. The van der Waals surface area contributed by atoms with Gasteiger partial charge in [0, 0.05) is 37.0 Å². The third kappa shape index (κ3) is 4.85. The van der Waals surface area contributed by atoms with Crippen LogP contribution >= 0.6 is 11.8 Å². The van der Waals surface area contributed by atoms with Gasteiger partial charge in [-0.2, -0.15) is 4.36 Å². The van der Waals surface area contributed by atoms with Crippen molar-refractivity contribution in [3.63, 3.8) is 0 Å². The molecule has 3 heterocycles. The van der Waals surface area contributed by atoms with Gasteiger partial charge < -0.3 is 9.32 Å². The minimum absolute atomic E-state index is 0.0622. The van der Waals surface area contributed by atoms with Crippen molar-refractivity contribution in [2.75, 3.05) is 30.3 Å². The number of para-hydroxylation sites is 2. The van der Waals surface area contributed by atoms with Crippen molar-refractivity contribution < 1.29 is 18.2 Å². The van der Waals surface area contributed by atoms with Crippen molar-refractivity contribution in [2.45, 2.75) is 11.6 Å². The molecule has 1 saturated heterocycles. The van der Waals surface area contributed by atoms with Crippen LogP contribution in [0.4, 0.5) is 0 Å². The van der Waals surface area contributed by atoms with Gasteiger partial charge in [0.1, 0.15) is 11.2 Å². The predicted molar refractivity (Wildman–Crippen MR) is 113 cm³/mol. The van der Waals surface area contributed by atoms with Crippen LogP contribution in [0.3, 0.4) is 0 Å². The number of rotatable bonds is 4. The second-order valence-electron chi connectivity index (χ2n) is 6.64. The lowest BCUT2D eigenvalue weighted by Crippen LogP contribution is -2.34. The molecule has 1 fully saturated rings. The fourth-order valence-electron chi connectivity index (χ4n) is 3.02. The smallest absolute Gasteiger partial charge is 0.305 e. The molecular formula is C19H19N5O4S2. The highest BCUT2D eigenvalue weighted by atomic mass is 32.2. The van der Waals surface area contributed by atoms with E-state index in [2.05, 4.69) is 19.3 Å². The Morgan fingerprint density at radius 2 is 2.07 bits per heavy atom. The summed E-state index contributed by atoms with van der Waals surface area (Å²) in [6.07, 6.45) is 4.64. The summed E-state index contributed by atoms with van der Waals surface area (Å²) in [6, 6.07) is 7.41. The molecule has 0 saturated carbocycles. The summed E-state index contributed by atoms with van der Waals surface area (Å²) in [5.41, 5.74) is 1.49. The lowest BCUT2D eigenvalue weighted by atomic mass is 10.3. The van der Waals surface area contributed by atoms with Gasteiger partial charge in [0.25, 0.3) is 5.22 Å². The second kappa shape index (κ2) is 8.92. The van der Waals surface area contributed by atoms with Crippen molar-refractivity contribution in [3.05, 3.63) is 48.5 Å². The zero-order valence-corrected chi connectivity index (χ0v) is 17.6. The van der Waals surface area contributed by atoms with Crippen molar-refractivity contribution >= 4 is 44.4 Å². The van der Waals surface area contributed by atoms with Gasteiger partial charge in [-0.05, 0) is 18.6 Å². The maximum Gasteiger partial charge on any atom is 0.305 e. The topological polar surface area (TPSA) is 119 Å². The maximum absolute atomic E-state index is 13.1. The molecule has 1 aromatic carbocycles. The Bertz CT molecular complexity index is 1150. The van der Waals surface area contributed by atoms with Gasteiger partial charge in [0.05, 0.1) is 21.7 Å². The van der Waals surface area contributed by atoms with Crippen molar-refractivity contribution in [1.82, 2.24) is 19.9 Å². The monoisotopic (exact) mass is 445 g/mol. The largest absolute Gasteiger partial charge is 0.431 e. The minimum atomic E-state index is -2.75. The van der Waals surface area contributed by atoms with E-state index in [1.165, 1.54) is 30.4 Å². The fourth-order valence-corrected chi connectivity index (χ4v) is 5.63. The number of carbonyl (C=O) groups excluding carboxylic acids is 2. The average Bonchev–Trinajstić information content (AvgIpc) is 3.08. The molecule has 156 valence electrons. The molecule has 0 aliphatic carbocycles. The molecule has 1 unspecified atom stereocenters. The first-order chi connectivity index (χ1) is 14.5. The number of nitrogens with zero attached hydrogens (tertiary/aromatic N) is 5. The zero-order valence-electron chi connectivity index (χ0n) is 16.0. The van der Waals surface area contributed by atoms with E-state index >= 15 is 0 Å². The highest BCUT2D eigenvalue weighted by Crippen LogP contribution is 2.23. The van der Waals surface area contributed by atoms with Gasteiger partial charge in [0.2, 0.25) is 5.91 Å². The Balaban J connectivity index is 1.37. The predicted octanol–water partition coefficient (Wildman–Crippen LogP) is 2.25. The lowest BCUT2D eigenvalue weighted by Gasteiger charge is -2.19. The fraction of sp³-hybridized carbons (Fsp3) is 0.316. The molecule has 11 heteroatoms. The van der Waals surface area contributed by atoms with Gasteiger partial charge in [-0.1, -0.05) is 23.9 Å². The summed E-state index contributed by atoms with van der Waals surface area (Å²) in [6.45, 7) is 0.752. The third-order valence-corrected chi connectivity index (χ3v) is 7.61. The number of thioether (sulfide) groups is 1. The van der Waals surface area contributed by atoms with Crippen LogP contribution in [0.25, 0.3) is 11.1 Å². The van der Waals surface area contributed by atoms with Crippen LogP contribution in [0.5, 0.6) is 0 Å². The van der Waals surface area contributed by atoms with Crippen LogP contribution in [-0.2, 0) is 14.5 Å². The van der Waals surface area contributed by atoms with Crippen molar-refractivity contribution in [1.29, 1.82) is 0 Å². The molecule has 4 rings (SSSR count). The van der Waals surface area contributed by atoms with E-state index in [4.69, 9.17) is 4.42 Å². The van der Waals surface area contributed by atoms with E-state index in [0.29, 0.717) is 23.8 Å². The molecule has 0 spiro atoms. The number of aromatic nitrogens is 3. The van der Waals surface area contributed by atoms with E-state index in [1.54, 1.807) is 4.90 Å². The highest BCUT2D eigenvalue weighted by molar-refractivity contribution is 7.99. The minimum Gasteiger partial charge on any atom is -0.431 e. The number of amides is 2. The summed E-state index contributed by atoms with van der Waals surface area (Å²) in [5.74, 6) is -0.145. The number of oxazole rings is 1. The average molecular weight is 446 g/mol. The van der Waals surface area contributed by atoms with Crippen molar-refractivity contribution in [2.24, 2.45) is 4.36 Å². The quantitative estimate of drug-likeness (QED) is 0.561.